The number of benzene rings is 1. The minimum absolute atomic E-state index is 0.158. The second-order valence-electron chi connectivity index (χ2n) is 5.29. The van der Waals surface area contributed by atoms with Crippen molar-refractivity contribution in [1.29, 1.82) is 0 Å². The molecule has 1 heterocycles. The average molecular weight is 315 g/mol. The lowest BCUT2D eigenvalue weighted by atomic mass is 10.00. The van der Waals surface area contributed by atoms with Crippen LogP contribution in [0.15, 0.2) is 18.2 Å². The van der Waals surface area contributed by atoms with Crippen molar-refractivity contribution in [1.82, 2.24) is 10.6 Å². The Bertz CT molecular complexity index is 493. The molecular formula is C15H20ClFN2O2. The summed E-state index contributed by atoms with van der Waals surface area (Å²) in [6.45, 7) is 4.26. The van der Waals surface area contributed by atoms with Gasteiger partial charge in [0, 0.05) is 6.54 Å². The third-order valence-electron chi connectivity index (χ3n) is 3.53. The Kier molecular flexibility index (Phi) is 5.82. The number of ether oxygens (including phenoxy) is 1. The number of carbonyl (C=O) groups is 1. The van der Waals surface area contributed by atoms with E-state index in [1.54, 1.807) is 6.92 Å². The van der Waals surface area contributed by atoms with Crippen molar-refractivity contribution in [3.05, 3.63) is 29.0 Å². The Balaban J connectivity index is 1.81. The first-order valence-electron chi connectivity index (χ1n) is 7.16. The molecule has 0 radical (unpaired) electrons. The lowest BCUT2D eigenvalue weighted by molar-refractivity contribution is -0.127. The number of amides is 1. The molecule has 0 aliphatic carbocycles. The molecule has 1 amide bonds. The molecular weight excluding hydrogens is 295 g/mol. The van der Waals surface area contributed by atoms with Crippen LogP contribution in [0, 0.1) is 11.7 Å². The SMILES string of the molecule is CC(Oc1ccc(F)cc1Cl)C(=O)NCC1CCCNC1. The number of hydrogen-bond donors (Lipinski definition) is 2. The zero-order valence-corrected chi connectivity index (χ0v) is 12.8. The molecule has 2 N–H and O–H groups in total. The number of rotatable bonds is 5. The fourth-order valence-electron chi connectivity index (χ4n) is 2.30. The van der Waals surface area contributed by atoms with Gasteiger partial charge in [-0.1, -0.05) is 11.6 Å². The molecule has 0 bridgehead atoms. The zero-order valence-electron chi connectivity index (χ0n) is 12.0. The van der Waals surface area contributed by atoms with Gasteiger partial charge >= 0.3 is 0 Å². The van der Waals surface area contributed by atoms with E-state index in [-0.39, 0.29) is 10.9 Å². The third-order valence-corrected chi connectivity index (χ3v) is 3.83. The van der Waals surface area contributed by atoms with E-state index in [2.05, 4.69) is 10.6 Å². The van der Waals surface area contributed by atoms with Crippen LogP contribution in [0.2, 0.25) is 5.02 Å². The Morgan fingerprint density at radius 3 is 3.10 bits per heavy atom. The molecule has 1 aromatic rings. The van der Waals surface area contributed by atoms with Gasteiger partial charge in [-0.05, 0) is 57.0 Å². The summed E-state index contributed by atoms with van der Waals surface area (Å²) >= 11 is 5.87. The maximum Gasteiger partial charge on any atom is 0.260 e. The molecule has 6 heteroatoms. The maximum absolute atomic E-state index is 12.9. The molecule has 0 saturated carbocycles. The summed E-state index contributed by atoms with van der Waals surface area (Å²) in [6, 6.07) is 3.83. The Labute approximate surface area is 129 Å². The van der Waals surface area contributed by atoms with E-state index in [4.69, 9.17) is 16.3 Å². The molecule has 2 atom stereocenters. The normalized spacial score (nSPS) is 19.9. The van der Waals surface area contributed by atoms with Crippen molar-refractivity contribution in [3.8, 4) is 5.75 Å². The smallest absolute Gasteiger partial charge is 0.260 e. The molecule has 4 nitrogen and oxygen atoms in total. The van der Waals surface area contributed by atoms with Gasteiger partial charge in [0.15, 0.2) is 6.10 Å². The van der Waals surface area contributed by atoms with Gasteiger partial charge in [-0.15, -0.1) is 0 Å². The van der Waals surface area contributed by atoms with Crippen molar-refractivity contribution >= 4 is 17.5 Å². The third kappa shape index (κ3) is 4.86. The molecule has 0 spiro atoms. The predicted molar refractivity (Wildman–Crippen MR) is 80.1 cm³/mol. The molecule has 1 saturated heterocycles. The van der Waals surface area contributed by atoms with Crippen LogP contribution in [0.3, 0.4) is 0 Å². The van der Waals surface area contributed by atoms with Crippen LogP contribution in [0.4, 0.5) is 4.39 Å². The van der Waals surface area contributed by atoms with Crippen LogP contribution in [0.25, 0.3) is 0 Å². The molecule has 0 aromatic heterocycles. The van der Waals surface area contributed by atoms with Gasteiger partial charge in [-0.25, -0.2) is 4.39 Å². The molecule has 1 fully saturated rings. The van der Waals surface area contributed by atoms with Gasteiger partial charge in [0.25, 0.3) is 5.91 Å². The van der Waals surface area contributed by atoms with Crippen LogP contribution >= 0.6 is 11.6 Å². The maximum atomic E-state index is 12.9. The Morgan fingerprint density at radius 1 is 1.62 bits per heavy atom. The molecule has 1 aliphatic heterocycles. The van der Waals surface area contributed by atoms with Crippen LogP contribution in [-0.4, -0.2) is 31.6 Å². The largest absolute Gasteiger partial charge is 0.479 e. The summed E-state index contributed by atoms with van der Waals surface area (Å²) in [5, 5.41) is 6.35. The lowest BCUT2D eigenvalue weighted by Crippen LogP contribution is -2.42. The van der Waals surface area contributed by atoms with Gasteiger partial charge in [0.2, 0.25) is 0 Å². The van der Waals surface area contributed by atoms with E-state index in [0.717, 1.165) is 32.0 Å². The van der Waals surface area contributed by atoms with Crippen LogP contribution in [0.1, 0.15) is 19.8 Å². The zero-order chi connectivity index (χ0) is 15.2. The van der Waals surface area contributed by atoms with E-state index >= 15 is 0 Å². The lowest BCUT2D eigenvalue weighted by Gasteiger charge is -2.23. The van der Waals surface area contributed by atoms with Crippen molar-refractivity contribution in [2.75, 3.05) is 19.6 Å². The quantitative estimate of drug-likeness (QED) is 0.877. The van der Waals surface area contributed by atoms with E-state index in [9.17, 15) is 9.18 Å². The van der Waals surface area contributed by atoms with Crippen LogP contribution in [0.5, 0.6) is 5.75 Å². The highest BCUT2D eigenvalue weighted by Gasteiger charge is 2.19. The van der Waals surface area contributed by atoms with E-state index in [1.165, 1.54) is 12.1 Å². The minimum Gasteiger partial charge on any atom is -0.479 e. The monoisotopic (exact) mass is 314 g/mol. The summed E-state index contributed by atoms with van der Waals surface area (Å²) in [5.74, 6) is 0.138. The Hall–Kier alpha value is -1.33. The van der Waals surface area contributed by atoms with Crippen molar-refractivity contribution in [2.24, 2.45) is 5.92 Å². The highest BCUT2D eigenvalue weighted by atomic mass is 35.5. The number of piperidine rings is 1. The van der Waals surface area contributed by atoms with Gasteiger partial charge < -0.3 is 15.4 Å². The number of hydrogen-bond acceptors (Lipinski definition) is 3. The fraction of sp³-hybridized carbons (Fsp3) is 0.533. The fourth-order valence-corrected chi connectivity index (χ4v) is 2.51. The van der Waals surface area contributed by atoms with E-state index < -0.39 is 11.9 Å². The van der Waals surface area contributed by atoms with Crippen molar-refractivity contribution in [2.45, 2.75) is 25.9 Å². The summed E-state index contributed by atoms with van der Waals surface area (Å²) in [4.78, 5) is 12.0. The van der Waals surface area contributed by atoms with Gasteiger partial charge in [-0.3, -0.25) is 4.79 Å². The first-order chi connectivity index (χ1) is 10.1. The number of carbonyl (C=O) groups excluding carboxylic acids is 1. The van der Waals surface area contributed by atoms with Gasteiger partial charge in [0.05, 0.1) is 5.02 Å². The molecule has 2 unspecified atom stereocenters. The minimum atomic E-state index is -0.676. The summed E-state index contributed by atoms with van der Waals surface area (Å²) in [7, 11) is 0. The summed E-state index contributed by atoms with van der Waals surface area (Å²) < 4.78 is 18.4. The molecule has 2 rings (SSSR count). The number of halogens is 2. The first kappa shape index (κ1) is 16.0. The summed E-state index contributed by atoms with van der Waals surface area (Å²) in [5.41, 5.74) is 0. The van der Waals surface area contributed by atoms with Crippen molar-refractivity contribution in [3.63, 3.8) is 0 Å². The standard InChI is InChI=1S/C15H20ClFN2O2/c1-10(21-14-5-4-12(17)7-13(14)16)15(20)19-9-11-3-2-6-18-8-11/h4-5,7,10-11,18H,2-3,6,8-9H2,1H3,(H,19,20). The van der Waals surface area contributed by atoms with E-state index in [1.807, 2.05) is 0 Å². The van der Waals surface area contributed by atoms with Gasteiger partial charge in [0.1, 0.15) is 11.6 Å². The average Bonchev–Trinajstić information content (AvgIpc) is 2.48. The predicted octanol–water partition coefficient (Wildman–Crippen LogP) is 2.36. The first-order valence-corrected chi connectivity index (χ1v) is 7.54. The van der Waals surface area contributed by atoms with Crippen LogP contribution in [-0.2, 0) is 4.79 Å². The molecule has 21 heavy (non-hydrogen) atoms. The molecule has 116 valence electrons. The second-order valence-corrected chi connectivity index (χ2v) is 5.70. The topological polar surface area (TPSA) is 50.4 Å². The highest BCUT2D eigenvalue weighted by molar-refractivity contribution is 6.32. The second kappa shape index (κ2) is 7.61. The molecule has 1 aromatic carbocycles. The van der Waals surface area contributed by atoms with E-state index in [0.29, 0.717) is 18.2 Å². The highest BCUT2D eigenvalue weighted by Crippen LogP contribution is 2.25. The van der Waals surface area contributed by atoms with Crippen LogP contribution < -0.4 is 15.4 Å². The van der Waals surface area contributed by atoms with Crippen molar-refractivity contribution < 1.29 is 13.9 Å². The molecule has 1 aliphatic rings. The summed E-state index contributed by atoms with van der Waals surface area (Å²) in [6.07, 6.45) is 1.58. The Morgan fingerprint density at radius 2 is 2.43 bits per heavy atom. The van der Waals surface area contributed by atoms with Gasteiger partial charge in [-0.2, -0.15) is 0 Å². The number of nitrogens with one attached hydrogen (secondary N) is 2.